The Morgan fingerprint density at radius 2 is 1.26 bits per heavy atom. The summed E-state index contributed by atoms with van der Waals surface area (Å²) in [4.78, 5) is 0. The fourth-order valence-electron chi connectivity index (χ4n) is 1.56. The van der Waals surface area contributed by atoms with Gasteiger partial charge < -0.3 is 4.74 Å². The Labute approximate surface area is 127 Å². The molecule has 0 saturated carbocycles. The van der Waals surface area contributed by atoms with Gasteiger partial charge in [-0.25, -0.2) is 0 Å². The van der Waals surface area contributed by atoms with E-state index in [0.29, 0.717) is 19.3 Å². The van der Waals surface area contributed by atoms with E-state index in [1.165, 1.54) is 0 Å². The van der Waals surface area contributed by atoms with Crippen molar-refractivity contribution in [2.75, 3.05) is 13.2 Å². The molecule has 0 spiro atoms. The first-order chi connectivity index (χ1) is 10.3. The van der Waals surface area contributed by atoms with E-state index in [9.17, 15) is 39.5 Å². The quantitative estimate of drug-likeness (QED) is 0.264. The van der Waals surface area contributed by atoms with Crippen LogP contribution < -0.4 is 0 Å². The van der Waals surface area contributed by atoms with Crippen LogP contribution in [0.1, 0.15) is 32.1 Å². The minimum Gasteiger partial charge on any atom is -0.381 e. The SMILES string of the molecule is C=CCCCCOCCCC(F)(F)C(F)(F)C(F)(F)C(F)(F)F. The van der Waals surface area contributed by atoms with Crippen LogP contribution in [0.25, 0.3) is 0 Å². The monoisotopic (exact) mass is 360 g/mol. The fraction of sp³-hybridized carbons (Fsp3) is 0.846. The Bertz CT molecular complexity index is 363. The Hall–Kier alpha value is -0.930. The molecule has 0 aromatic carbocycles. The molecule has 0 aromatic rings. The zero-order valence-electron chi connectivity index (χ0n) is 12.0. The van der Waals surface area contributed by atoms with Gasteiger partial charge in [0, 0.05) is 19.6 Å². The molecule has 23 heavy (non-hydrogen) atoms. The Morgan fingerprint density at radius 3 is 1.74 bits per heavy atom. The van der Waals surface area contributed by atoms with Crippen molar-refractivity contribution < 1.29 is 44.3 Å². The Kier molecular flexibility index (Phi) is 7.92. The first-order valence-corrected chi connectivity index (χ1v) is 6.70. The maximum atomic E-state index is 13.1. The van der Waals surface area contributed by atoms with Crippen molar-refractivity contribution in [3.05, 3.63) is 12.7 Å². The minimum absolute atomic E-state index is 0.133. The maximum absolute atomic E-state index is 13.1. The lowest BCUT2D eigenvalue weighted by atomic mass is 10.00. The van der Waals surface area contributed by atoms with E-state index >= 15 is 0 Å². The fourth-order valence-corrected chi connectivity index (χ4v) is 1.56. The van der Waals surface area contributed by atoms with E-state index < -0.39 is 43.4 Å². The van der Waals surface area contributed by atoms with Crippen LogP contribution >= 0.6 is 0 Å². The summed E-state index contributed by atoms with van der Waals surface area (Å²) in [5.41, 5.74) is 0. The molecule has 0 aliphatic heterocycles. The van der Waals surface area contributed by atoms with Gasteiger partial charge in [-0.05, 0) is 25.7 Å². The molecule has 0 rings (SSSR count). The highest BCUT2D eigenvalue weighted by atomic mass is 19.4. The zero-order valence-corrected chi connectivity index (χ0v) is 12.0. The summed E-state index contributed by atoms with van der Waals surface area (Å²) in [5, 5.41) is 0. The highest BCUT2D eigenvalue weighted by Gasteiger charge is 2.81. The minimum atomic E-state index is -6.82. The van der Waals surface area contributed by atoms with Crippen molar-refractivity contribution in [1.82, 2.24) is 0 Å². The van der Waals surface area contributed by atoms with E-state index in [4.69, 9.17) is 4.74 Å². The number of ether oxygens (including phenoxy) is 1. The molecular weight excluding hydrogens is 343 g/mol. The van der Waals surface area contributed by atoms with Crippen LogP contribution in [-0.4, -0.2) is 37.2 Å². The first kappa shape index (κ1) is 22.1. The van der Waals surface area contributed by atoms with Crippen LogP contribution in [-0.2, 0) is 4.74 Å². The molecule has 1 nitrogen and oxygen atoms in total. The summed E-state index contributed by atoms with van der Waals surface area (Å²) >= 11 is 0. The topological polar surface area (TPSA) is 9.23 Å². The number of unbranched alkanes of at least 4 members (excludes halogenated alkanes) is 2. The van der Waals surface area contributed by atoms with Gasteiger partial charge in [0.25, 0.3) is 0 Å². The lowest BCUT2D eigenvalue weighted by Gasteiger charge is -2.33. The molecule has 0 heterocycles. The van der Waals surface area contributed by atoms with Gasteiger partial charge in [-0.2, -0.15) is 39.5 Å². The number of hydrogen-bond acceptors (Lipinski definition) is 1. The third kappa shape index (κ3) is 5.58. The standard InChI is InChI=1S/C13H17F9O/c1-2-3-4-5-8-23-9-6-7-10(14,15)11(16,17)12(18,19)13(20,21)22/h2H,1,3-9H2. The predicted molar refractivity (Wildman–Crippen MR) is 65.0 cm³/mol. The van der Waals surface area contributed by atoms with Gasteiger partial charge in [0.05, 0.1) is 0 Å². The molecule has 10 heteroatoms. The molecular formula is C13H17F9O. The van der Waals surface area contributed by atoms with Gasteiger partial charge in [0.15, 0.2) is 0 Å². The van der Waals surface area contributed by atoms with E-state index in [-0.39, 0.29) is 6.61 Å². The van der Waals surface area contributed by atoms with Gasteiger partial charge in [0.2, 0.25) is 0 Å². The molecule has 0 aromatic heterocycles. The molecule has 0 fully saturated rings. The van der Waals surface area contributed by atoms with Gasteiger partial charge in [-0.15, -0.1) is 6.58 Å². The molecule has 0 aliphatic carbocycles. The molecule has 0 atom stereocenters. The second-order valence-corrected chi connectivity index (χ2v) is 4.85. The zero-order chi connectivity index (χ0) is 18.4. The average Bonchev–Trinajstić information content (AvgIpc) is 2.40. The predicted octanol–water partition coefficient (Wildman–Crippen LogP) is 5.61. The summed E-state index contributed by atoms with van der Waals surface area (Å²) in [7, 11) is 0. The van der Waals surface area contributed by atoms with E-state index in [2.05, 4.69) is 6.58 Å². The number of allylic oxidation sites excluding steroid dienone is 1. The lowest BCUT2D eigenvalue weighted by Crippen LogP contribution is -2.60. The molecule has 0 aliphatic rings. The van der Waals surface area contributed by atoms with E-state index in [0.717, 1.165) is 0 Å². The van der Waals surface area contributed by atoms with Crippen molar-refractivity contribution in [3.63, 3.8) is 0 Å². The average molecular weight is 360 g/mol. The molecule has 0 radical (unpaired) electrons. The second kappa shape index (κ2) is 8.25. The van der Waals surface area contributed by atoms with Gasteiger partial charge in [0.1, 0.15) is 0 Å². The molecule has 138 valence electrons. The van der Waals surface area contributed by atoms with Crippen LogP contribution in [0.3, 0.4) is 0 Å². The van der Waals surface area contributed by atoms with Crippen LogP contribution in [0.15, 0.2) is 12.7 Å². The summed E-state index contributed by atoms with van der Waals surface area (Å²) in [6.07, 6.45) is -5.82. The van der Waals surface area contributed by atoms with E-state index in [1.807, 2.05) is 0 Å². The van der Waals surface area contributed by atoms with Crippen LogP contribution in [0.4, 0.5) is 39.5 Å². The number of rotatable bonds is 11. The lowest BCUT2D eigenvalue weighted by molar-refractivity contribution is -0.396. The molecule has 0 unspecified atom stereocenters. The van der Waals surface area contributed by atoms with E-state index in [1.54, 1.807) is 6.08 Å². The Morgan fingerprint density at radius 1 is 0.739 bits per heavy atom. The summed E-state index contributed by atoms with van der Waals surface area (Å²) in [5.74, 6) is -18.9. The number of alkyl halides is 9. The highest BCUT2D eigenvalue weighted by Crippen LogP contribution is 2.54. The maximum Gasteiger partial charge on any atom is 0.460 e. The summed E-state index contributed by atoms with van der Waals surface area (Å²) < 4.78 is 118. The molecule has 0 bridgehead atoms. The van der Waals surface area contributed by atoms with Crippen molar-refractivity contribution in [1.29, 1.82) is 0 Å². The summed E-state index contributed by atoms with van der Waals surface area (Å²) in [6, 6.07) is 0. The normalized spacial score (nSPS) is 14.1. The molecule has 0 N–H and O–H groups in total. The van der Waals surface area contributed by atoms with Crippen LogP contribution in [0, 0.1) is 0 Å². The number of hydrogen-bond donors (Lipinski definition) is 0. The van der Waals surface area contributed by atoms with Crippen LogP contribution in [0.2, 0.25) is 0 Å². The van der Waals surface area contributed by atoms with Crippen molar-refractivity contribution in [2.24, 2.45) is 0 Å². The Balaban J connectivity index is 4.43. The van der Waals surface area contributed by atoms with Gasteiger partial charge in [-0.3, -0.25) is 0 Å². The number of halogens is 9. The van der Waals surface area contributed by atoms with Crippen molar-refractivity contribution in [2.45, 2.75) is 56.0 Å². The summed E-state index contributed by atoms with van der Waals surface area (Å²) in [6.45, 7) is 3.14. The third-order valence-electron chi connectivity index (χ3n) is 2.94. The smallest absolute Gasteiger partial charge is 0.381 e. The third-order valence-corrected chi connectivity index (χ3v) is 2.94. The van der Waals surface area contributed by atoms with Gasteiger partial charge in [-0.1, -0.05) is 6.08 Å². The molecule has 0 amide bonds. The largest absolute Gasteiger partial charge is 0.460 e. The van der Waals surface area contributed by atoms with Gasteiger partial charge >= 0.3 is 23.9 Å². The van der Waals surface area contributed by atoms with Crippen molar-refractivity contribution in [3.8, 4) is 0 Å². The highest BCUT2D eigenvalue weighted by molar-refractivity contribution is 5.00. The first-order valence-electron chi connectivity index (χ1n) is 6.70. The second-order valence-electron chi connectivity index (χ2n) is 4.85. The van der Waals surface area contributed by atoms with Crippen molar-refractivity contribution >= 4 is 0 Å². The van der Waals surface area contributed by atoms with Crippen LogP contribution in [0.5, 0.6) is 0 Å². The molecule has 0 saturated heterocycles.